The Balaban J connectivity index is 1.96. The van der Waals surface area contributed by atoms with Crippen LogP contribution in [0.15, 0.2) is 41.1 Å². The molecule has 6 nitrogen and oxygen atoms in total. The average Bonchev–Trinajstić information content (AvgIpc) is 3.08. The van der Waals surface area contributed by atoms with E-state index < -0.39 is 0 Å². The van der Waals surface area contributed by atoms with Crippen LogP contribution in [0.1, 0.15) is 21.7 Å². The van der Waals surface area contributed by atoms with Gasteiger partial charge in [-0.15, -0.1) is 0 Å². The number of hydrogen-bond acceptors (Lipinski definition) is 3. The summed E-state index contributed by atoms with van der Waals surface area (Å²) in [6.45, 7) is 3.71. The van der Waals surface area contributed by atoms with Crippen molar-refractivity contribution >= 4 is 27.5 Å². The van der Waals surface area contributed by atoms with Crippen LogP contribution >= 0.6 is 15.9 Å². The molecule has 2 heterocycles. The Kier molecular flexibility index (Phi) is 3.81. The first kappa shape index (κ1) is 14.5. The summed E-state index contributed by atoms with van der Waals surface area (Å²) in [5.74, 6) is -0.195. The third kappa shape index (κ3) is 2.67. The summed E-state index contributed by atoms with van der Waals surface area (Å²) in [6.07, 6.45) is 3.18. The molecule has 0 aliphatic carbocycles. The number of carbonyl (C=O) groups is 1. The van der Waals surface area contributed by atoms with Gasteiger partial charge in [0.1, 0.15) is 0 Å². The Hall–Kier alpha value is -2.41. The number of aromatic nitrogens is 4. The lowest BCUT2D eigenvalue weighted by molar-refractivity contribution is 0.102. The number of carbonyl (C=O) groups excluding carboxylic acids is 1. The number of aromatic amines is 1. The van der Waals surface area contributed by atoms with Crippen LogP contribution in [-0.4, -0.2) is 25.9 Å². The lowest BCUT2D eigenvalue weighted by atomic mass is 10.2. The summed E-state index contributed by atoms with van der Waals surface area (Å²) >= 11 is 3.41. The Bertz CT molecular complexity index is 805. The molecule has 3 aromatic rings. The van der Waals surface area contributed by atoms with E-state index in [2.05, 4.69) is 36.5 Å². The molecule has 3 rings (SSSR count). The highest BCUT2D eigenvalue weighted by Crippen LogP contribution is 2.20. The lowest BCUT2D eigenvalue weighted by Crippen LogP contribution is -2.13. The van der Waals surface area contributed by atoms with Gasteiger partial charge >= 0.3 is 0 Å². The van der Waals surface area contributed by atoms with Crippen molar-refractivity contribution in [3.8, 4) is 5.69 Å². The van der Waals surface area contributed by atoms with Crippen LogP contribution in [-0.2, 0) is 0 Å². The molecule has 0 fully saturated rings. The van der Waals surface area contributed by atoms with Crippen molar-refractivity contribution in [2.24, 2.45) is 0 Å². The second-order valence-electron chi connectivity index (χ2n) is 4.88. The first-order valence-electron chi connectivity index (χ1n) is 6.68. The minimum absolute atomic E-state index is 0.195. The van der Waals surface area contributed by atoms with E-state index in [9.17, 15) is 4.79 Å². The maximum absolute atomic E-state index is 12.4. The zero-order valence-corrected chi connectivity index (χ0v) is 13.7. The van der Waals surface area contributed by atoms with E-state index in [1.165, 1.54) is 0 Å². The maximum Gasteiger partial charge on any atom is 0.259 e. The van der Waals surface area contributed by atoms with Crippen molar-refractivity contribution in [3.63, 3.8) is 0 Å². The zero-order valence-electron chi connectivity index (χ0n) is 12.1. The molecule has 0 aliphatic heterocycles. The quantitative estimate of drug-likeness (QED) is 0.753. The Labute approximate surface area is 135 Å². The van der Waals surface area contributed by atoms with E-state index in [4.69, 9.17) is 0 Å². The molecular weight excluding hydrogens is 346 g/mol. The maximum atomic E-state index is 12.4. The molecule has 0 radical (unpaired) electrons. The third-order valence-electron chi connectivity index (χ3n) is 3.35. The fraction of sp³-hybridized carbons (Fsp3) is 0.133. The molecule has 0 saturated heterocycles. The number of aryl methyl sites for hydroxylation is 1. The van der Waals surface area contributed by atoms with Crippen LogP contribution in [0.4, 0.5) is 5.69 Å². The Morgan fingerprint density at radius 3 is 2.64 bits per heavy atom. The number of nitrogens with zero attached hydrogens (tertiary/aromatic N) is 3. The average molecular weight is 360 g/mol. The lowest BCUT2D eigenvalue weighted by Gasteiger charge is -2.06. The van der Waals surface area contributed by atoms with Gasteiger partial charge in [0.15, 0.2) is 0 Å². The van der Waals surface area contributed by atoms with Crippen LogP contribution in [0.25, 0.3) is 5.69 Å². The molecule has 1 amide bonds. The van der Waals surface area contributed by atoms with Crippen LogP contribution in [0.5, 0.6) is 0 Å². The fourth-order valence-corrected chi connectivity index (χ4v) is 2.58. The van der Waals surface area contributed by atoms with Gasteiger partial charge in [-0.3, -0.25) is 9.89 Å². The summed E-state index contributed by atoms with van der Waals surface area (Å²) in [4.78, 5) is 12.4. The van der Waals surface area contributed by atoms with E-state index in [0.717, 1.165) is 15.9 Å². The molecule has 7 heteroatoms. The summed E-state index contributed by atoms with van der Waals surface area (Å²) in [6, 6.07) is 7.77. The van der Waals surface area contributed by atoms with E-state index in [1.54, 1.807) is 17.1 Å². The van der Waals surface area contributed by atoms with E-state index in [0.29, 0.717) is 16.9 Å². The first-order chi connectivity index (χ1) is 10.6. The van der Waals surface area contributed by atoms with Gasteiger partial charge in [0.25, 0.3) is 5.91 Å². The molecule has 2 N–H and O–H groups in total. The zero-order chi connectivity index (χ0) is 15.7. The summed E-state index contributed by atoms with van der Waals surface area (Å²) < 4.78 is 2.77. The van der Waals surface area contributed by atoms with Crippen LogP contribution in [0, 0.1) is 13.8 Å². The molecule has 112 valence electrons. The molecule has 0 aliphatic rings. The van der Waals surface area contributed by atoms with Crippen LogP contribution in [0.2, 0.25) is 0 Å². The van der Waals surface area contributed by atoms with Gasteiger partial charge in [-0.25, -0.2) is 4.68 Å². The number of halogens is 1. The van der Waals surface area contributed by atoms with Crippen molar-refractivity contribution in [2.75, 3.05) is 5.32 Å². The van der Waals surface area contributed by atoms with Gasteiger partial charge in [0.2, 0.25) is 0 Å². The molecule has 0 atom stereocenters. The highest BCUT2D eigenvalue weighted by atomic mass is 79.9. The molecule has 0 unspecified atom stereocenters. The largest absolute Gasteiger partial charge is 0.319 e. The molecule has 1 aromatic carbocycles. The molecular formula is C15H14BrN5O. The number of rotatable bonds is 3. The number of nitrogens with one attached hydrogen (secondary N) is 2. The first-order valence-corrected chi connectivity index (χ1v) is 7.48. The van der Waals surface area contributed by atoms with Gasteiger partial charge < -0.3 is 5.32 Å². The second kappa shape index (κ2) is 5.76. The number of H-pyrrole nitrogens is 1. The molecule has 0 saturated carbocycles. The molecule has 2 aromatic heterocycles. The second-order valence-corrected chi connectivity index (χ2v) is 5.79. The molecule has 22 heavy (non-hydrogen) atoms. The van der Waals surface area contributed by atoms with Crippen LogP contribution in [0.3, 0.4) is 0 Å². The highest BCUT2D eigenvalue weighted by molar-refractivity contribution is 9.10. The predicted octanol–water partition coefficient (Wildman–Crippen LogP) is 3.23. The van der Waals surface area contributed by atoms with Crippen molar-refractivity contribution in [1.29, 1.82) is 0 Å². The standard InChI is InChI=1S/C15H14BrN5O/c1-9-14(15(22)19-12-7-17-18-8-12)10(2)21(20-9)13-5-3-11(16)4-6-13/h3-8H,1-2H3,(H,17,18)(H,19,22). The van der Waals surface area contributed by atoms with Gasteiger partial charge in [-0.2, -0.15) is 10.2 Å². The summed E-state index contributed by atoms with van der Waals surface area (Å²) in [7, 11) is 0. The normalized spacial score (nSPS) is 10.7. The summed E-state index contributed by atoms with van der Waals surface area (Å²) in [5.41, 5.74) is 3.58. The topological polar surface area (TPSA) is 75.6 Å². The molecule has 0 bridgehead atoms. The van der Waals surface area contributed by atoms with Gasteiger partial charge in [-0.1, -0.05) is 15.9 Å². The van der Waals surface area contributed by atoms with Crippen molar-refractivity contribution in [1.82, 2.24) is 20.0 Å². The number of benzene rings is 1. The van der Waals surface area contributed by atoms with Crippen LogP contribution < -0.4 is 5.32 Å². The smallest absolute Gasteiger partial charge is 0.259 e. The van der Waals surface area contributed by atoms with Crippen molar-refractivity contribution in [2.45, 2.75) is 13.8 Å². The minimum Gasteiger partial charge on any atom is -0.319 e. The van der Waals surface area contributed by atoms with Gasteiger partial charge in [-0.05, 0) is 38.1 Å². The van der Waals surface area contributed by atoms with Gasteiger partial charge in [0.05, 0.1) is 34.5 Å². The van der Waals surface area contributed by atoms with Crippen molar-refractivity contribution in [3.05, 3.63) is 58.1 Å². The monoisotopic (exact) mass is 359 g/mol. The fourth-order valence-electron chi connectivity index (χ4n) is 2.32. The molecule has 0 spiro atoms. The highest BCUT2D eigenvalue weighted by Gasteiger charge is 2.19. The van der Waals surface area contributed by atoms with Gasteiger partial charge in [0, 0.05) is 10.7 Å². The van der Waals surface area contributed by atoms with Crippen molar-refractivity contribution < 1.29 is 4.79 Å². The number of anilines is 1. The predicted molar refractivity (Wildman–Crippen MR) is 87.3 cm³/mol. The Morgan fingerprint density at radius 1 is 1.27 bits per heavy atom. The van der Waals surface area contributed by atoms with E-state index in [1.807, 2.05) is 38.1 Å². The SMILES string of the molecule is Cc1nn(-c2ccc(Br)cc2)c(C)c1C(=O)Nc1cn[nH]c1. The third-order valence-corrected chi connectivity index (χ3v) is 3.87. The summed E-state index contributed by atoms with van der Waals surface area (Å²) in [5, 5.41) is 13.7. The minimum atomic E-state index is -0.195. The number of amides is 1. The van der Waals surface area contributed by atoms with E-state index >= 15 is 0 Å². The van der Waals surface area contributed by atoms with E-state index in [-0.39, 0.29) is 5.91 Å². The number of hydrogen-bond donors (Lipinski definition) is 2. The Morgan fingerprint density at radius 2 is 2.00 bits per heavy atom.